The summed E-state index contributed by atoms with van der Waals surface area (Å²) in [5, 5.41) is 0.966. The molecule has 154 valence electrons. The molecule has 0 saturated carbocycles. The second-order valence-electron chi connectivity index (χ2n) is 7.17. The van der Waals surface area contributed by atoms with Crippen LogP contribution in [0, 0.1) is 0 Å². The van der Waals surface area contributed by atoms with E-state index in [0.717, 1.165) is 39.9 Å². The van der Waals surface area contributed by atoms with E-state index in [-0.39, 0.29) is 12.5 Å². The number of hydrogen-bond acceptors (Lipinski definition) is 7. The zero-order chi connectivity index (χ0) is 20.5. The van der Waals surface area contributed by atoms with Crippen LogP contribution in [0.3, 0.4) is 0 Å². The number of carbonyl (C=O) groups is 1. The Morgan fingerprint density at radius 1 is 1.20 bits per heavy atom. The lowest BCUT2D eigenvalue weighted by Gasteiger charge is -2.35. The van der Waals surface area contributed by atoms with Crippen LogP contribution in [0.2, 0.25) is 0 Å². The maximum atomic E-state index is 13.1. The van der Waals surface area contributed by atoms with E-state index in [1.54, 1.807) is 17.5 Å². The molecule has 0 bridgehead atoms. The summed E-state index contributed by atoms with van der Waals surface area (Å²) in [7, 11) is 0. The van der Waals surface area contributed by atoms with Crippen LogP contribution in [0.5, 0.6) is 11.5 Å². The third-order valence-electron chi connectivity index (χ3n) is 5.28. The van der Waals surface area contributed by atoms with Gasteiger partial charge >= 0.3 is 0 Å². The van der Waals surface area contributed by atoms with Crippen LogP contribution in [0.4, 0.5) is 5.13 Å². The predicted molar refractivity (Wildman–Crippen MR) is 117 cm³/mol. The van der Waals surface area contributed by atoms with Gasteiger partial charge in [-0.25, -0.2) is 9.97 Å². The second kappa shape index (κ2) is 7.95. The van der Waals surface area contributed by atoms with Gasteiger partial charge in [-0.05, 0) is 31.2 Å². The molecule has 0 aliphatic carbocycles. The average molecular weight is 423 g/mol. The third-order valence-corrected chi connectivity index (χ3v) is 6.32. The summed E-state index contributed by atoms with van der Waals surface area (Å²) >= 11 is 1.60. The standard InChI is InChI=1S/C22H22N4O3S/c1-2-28-18-7-3-5-15-13-16(14-29-19(15)18)21(27)25-9-11-26(12-10-25)22-24-17-6-4-8-23-20(17)30-22/h3-8,13H,2,9-12,14H2,1H3. The predicted octanol–water partition coefficient (Wildman–Crippen LogP) is 3.21. The number of para-hydroxylation sites is 1. The van der Waals surface area contributed by atoms with Gasteiger partial charge in [-0.2, -0.15) is 0 Å². The maximum Gasteiger partial charge on any atom is 0.253 e. The minimum atomic E-state index is 0.0353. The fraction of sp³-hybridized carbons (Fsp3) is 0.318. The number of nitrogens with zero attached hydrogens (tertiary/aromatic N) is 4. The van der Waals surface area contributed by atoms with Crippen LogP contribution in [0.15, 0.2) is 42.1 Å². The van der Waals surface area contributed by atoms with Gasteiger partial charge in [-0.15, -0.1) is 0 Å². The highest BCUT2D eigenvalue weighted by Crippen LogP contribution is 2.36. The Balaban J connectivity index is 1.27. The summed E-state index contributed by atoms with van der Waals surface area (Å²) in [6, 6.07) is 9.64. The van der Waals surface area contributed by atoms with Gasteiger partial charge in [-0.1, -0.05) is 23.5 Å². The number of ether oxygens (including phenoxy) is 2. The van der Waals surface area contributed by atoms with E-state index in [1.165, 1.54) is 0 Å². The lowest BCUT2D eigenvalue weighted by atomic mass is 10.1. The molecule has 1 saturated heterocycles. The number of carbonyl (C=O) groups excluding carboxylic acids is 1. The summed E-state index contributed by atoms with van der Waals surface area (Å²) in [4.78, 5) is 27.2. The molecule has 0 spiro atoms. The Bertz CT molecular complexity index is 1090. The summed E-state index contributed by atoms with van der Waals surface area (Å²) < 4.78 is 11.5. The summed E-state index contributed by atoms with van der Waals surface area (Å²) in [5.41, 5.74) is 2.48. The van der Waals surface area contributed by atoms with E-state index in [9.17, 15) is 4.79 Å². The highest BCUT2D eigenvalue weighted by atomic mass is 32.1. The number of hydrogen-bond donors (Lipinski definition) is 0. The molecular formula is C22H22N4O3S. The zero-order valence-electron chi connectivity index (χ0n) is 16.7. The number of amides is 1. The number of anilines is 1. The molecule has 4 heterocycles. The van der Waals surface area contributed by atoms with Crippen molar-refractivity contribution < 1.29 is 14.3 Å². The lowest BCUT2D eigenvalue weighted by Crippen LogP contribution is -2.49. The Morgan fingerprint density at radius 2 is 2.07 bits per heavy atom. The first-order chi connectivity index (χ1) is 14.7. The van der Waals surface area contributed by atoms with E-state index in [2.05, 4.69) is 14.9 Å². The molecule has 2 aromatic heterocycles. The van der Waals surface area contributed by atoms with E-state index >= 15 is 0 Å². The van der Waals surface area contributed by atoms with Gasteiger partial charge in [0.2, 0.25) is 0 Å². The zero-order valence-corrected chi connectivity index (χ0v) is 17.5. The van der Waals surface area contributed by atoms with Gasteiger partial charge in [0.25, 0.3) is 5.91 Å². The van der Waals surface area contributed by atoms with Crippen LogP contribution >= 0.6 is 11.3 Å². The molecule has 1 aromatic carbocycles. The van der Waals surface area contributed by atoms with E-state index < -0.39 is 0 Å². The largest absolute Gasteiger partial charge is 0.490 e. The fourth-order valence-corrected chi connectivity index (χ4v) is 4.73. The van der Waals surface area contributed by atoms with Crippen molar-refractivity contribution in [3.63, 3.8) is 0 Å². The Hall–Kier alpha value is -3.13. The molecule has 0 N–H and O–H groups in total. The second-order valence-corrected chi connectivity index (χ2v) is 8.13. The number of pyridine rings is 1. The van der Waals surface area contributed by atoms with Crippen molar-refractivity contribution in [2.75, 3.05) is 44.3 Å². The molecule has 0 unspecified atom stereocenters. The normalized spacial score (nSPS) is 16.1. The van der Waals surface area contributed by atoms with E-state index in [4.69, 9.17) is 9.47 Å². The smallest absolute Gasteiger partial charge is 0.253 e. The van der Waals surface area contributed by atoms with Crippen molar-refractivity contribution in [3.05, 3.63) is 47.7 Å². The van der Waals surface area contributed by atoms with Gasteiger partial charge in [0.1, 0.15) is 17.0 Å². The molecule has 5 rings (SSSR count). The molecule has 2 aliphatic rings. The first kappa shape index (κ1) is 18.9. The van der Waals surface area contributed by atoms with Crippen LogP contribution in [0.1, 0.15) is 12.5 Å². The molecular weight excluding hydrogens is 400 g/mol. The minimum Gasteiger partial charge on any atom is -0.490 e. The van der Waals surface area contributed by atoms with Crippen molar-refractivity contribution in [1.82, 2.24) is 14.9 Å². The Morgan fingerprint density at radius 3 is 2.87 bits per heavy atom. The van der Waals surface area contributed by atoms with Crippen LogP contribution < -0.4 is 14.4 Å². The number of aromatic nitrogens is 2. The van der Waals surface area contributed by atoms with Gasteiger partial charge in [0.15, 0.2) is 16.6 Å². The van der Waals surface area contributed by atoms with Crippen LogP contribution in [0.25, 0.3) is 16.4 Å². The molecule has 0 atom stereocenters. The van der Waals surface area contributed by atoms with Crippen LogP contribution in [-0.4, -0.2) is 60.2 Å². The van der Waals surface area contributed by atoms with Crippen molar-refractivity contribution in [3.8, 4) is 11.5 Å². The number of fused-ring (bicyclic) bond motifs is 2. The molecule has 8 heteroatoms. The van der Waals surface area contributed by atoms with Gasteiger partial charge in [0, 0.05) is 37.9 Å². The highest BCUT2D eigenvalue weighted by Gasteiger charge is 2.27. The first-order valence-corrected chi connectivity index (χ1v) is 10.9. The molecule has 3 aromatic rings. The molecule has 2 aliphatic heterocycles. The van der Waals surface area contributed by atoms with Crippen molar-refractivity contribution in [1.29, 1.82) is 0 Å². The topological polar surface area (TPSA) is 67.8 Å². The van der Waals surface area contributed by atoms with Gasteiger partial charge in [-0.3, -0.25) is 4.79 Å². The number of piperazine rings is 1. The van der Waals surface area contributed by atoms with E-state index in [1.807, 2.05) is 48.2 Å². The van der Waals surface area contributed by atoms with Crippen molar-refractivity contribution in [2.45, 2.75) is 6.92 Å². The number of rotatable bonds is 4. The third kappa shape index (κ3) is 3.47. The summed E-state index contributed by atoms with van der Waals surface area (Å²) in [5.74, 6) is 1.47. The quantitative estimate of drug-likeness (QED) is 0.643. The van der Waals surface area contributed by atoms with Crippen molar-refractivity contribution >= 4 is 38.8 Å². The Labute approximate surface area is 178 Å². The molecule has 7 nitrogen and oxygen atoms in total. The van der Waals surface area contributed by atoms with Crippen LogP contribution in [-0.2, 0) is 4.79 Å². The summed E-state index contributed by atoms with van der Waals surface area (Å²) in [6.45, 7) is 5.60. The molecule has 0 radical (unpaired) electrons. The van der Waals surface area contributed by atoms with Gasteiger partial charge in [0.05, 0.1) is 12.2 Å². The van der Waals surface area contributed by atoms with Crippen molar-refractivity contribution in [2.24, 2.45) is 0 Å². The minimum absolute atomic E-state index is 0.0353. The fourth-order valence-electron chi connectivity index (χ4n) is 3.77. The summed E-state index contributed by atoms with van der Waals surface area (Å²) in [6.07, 6.45) is 3.71. The first-order valence-electron chi connectivity index (χ1n) is 10.1. The lowest BCUT2D eigenvalue weighted by molar-refractivity contribution is -0.127. The monoisotopic (exact) mass is 422 g/mol. The Kier molecular flexibility index (Phi) is 5.00. The van der Waals surface area contributed by atoms with E-state index in [0.29, 0.717) is 31.0 Å². The molecule has 30 heavy (non-hydrogen) atoms. The molecule has 1 fully saturated rings. The number of benzene rings is 1. The maximum absolute atomic E-state index is 13.1. The van der Waals surface area contributed by atoms with Gasteiger partial charge < -0.3 is 19.3 Å². The SMILES string of the molecule is CCOc1cccc2c1OCC(C(=O)N1CCN(c3nc4cccnc4s3)CC1)=C2. The molecule has 1 amide bonds. The average Bonchev–Trinajstić information content (AvgIpc) is 3.23. The highest BCUT2D eigenvalue weighted by molar-refractivity contribution is 7.21. The number of thiazole rings is 1.